The minimum atomic E-state index is -0.577. The van der Waals surface area contributed by atoms with Crippen LogP contribution in [0.1, 0.15) is 23.2 Å². The summed E-state index contributed by atoms with van der Waals surface area (Å²) in [4.78, 5) is 28.3. The first kappa shape index (κ1) is 18.7. The maximum atomic E-state index is 13.9. The predicted octanol–water partition coefficient (Wildman–Crippen LogP) is 1.96. The molecule has 0 saturated carbocycles. The molecule has 0 aromatic heterocycles. The summed E-state index contributed by atoms with van der Waals surface area (Å²) in [6, 6.07) is 3.97. The number of halogens is 2. The van der Waals surface area contributed by atoms with Gasteiger partial charge in [-0.1, -0.05) is 11.6 Å². The molecular weight excluding hydrogens is 375 g/mol. The largest absolute Gasteiger partial charge is 0.378 e. The molecule has 27 heavy (non-hydrogen) atoms. The third kappa shape index (κ3) is 3.81. The predicted molar refractivity (Wildman–Crippen MR) is 96.1 cm³/mol. The van der Waals surface area contributed by atoms with Crippen molar-refractivity contribution in [1.29, 1.82) is 0 Å². The van der Waals surface area contributed by atoms with Crippen molar-refractivity contribution in [3.8, 4) is 0 Å². The molecule has 3 aliphatic heterocycles. The fourth-order valence-electron chi connectivity index (χ4n) is 4.10. The third-order valence-corrected chi connectivity index (χ3v) is 5.75. The van der Waals surface area contributed by atoms with Crippen molar-refractivity contribution in [2.45, 2.75) is 18.4 Å². The van der Waals surface area contributed by atoms with Gasteiger partial charge in [0, 0.05) is 24.5 Å². The molecule has 146 valence electrons. The lowest BCUT2D eigenvalue weighted by Crippen LogP contribution is -2.63. The van der Waals surface area contributed by atoms with E-state index in [9.17, 15) is 14.0 Å². The van der Waals surface area contributed by atoms with Crippen molar-refractivity contribution in [2.24, 2.45) is 5.92 Å². The lowest BCUT2D eigenvalue weighted by Gasteiger charge is -2.47. The molecule has 1 aromatic carbocycles. The van der Waals surface area contributed by atoms with Gasteiger partial charge in [-0.25, -0.2) is 4.39 Å². The first-order chi connectivity index (χ1) is 13.0. The van der Waals surface area contributed by atoms with Crippen LogP contribution in [0, 0.1) is 11.7 Å². The summed E-state index contributed by atoms with van der Waals surface area (Å²) >= 11 is 5.87. The highest BCUT2D eigenvalue weighted by Crippen LogP contribution is 2.40. The highest BCUT2D eigenvalue weighted by atomic mass is 35.5. The second-order valence-electron chi connectivity index (χ2n) is 7.55. The van der Waals surface area contributed by atoms with Crippen LogP contribution >= 0.6 is 11.6 Å². The van der Waals surface area contributed by atoms with Gasteiger partial charge in [0.15, 0.2) is 0 Å². The minimum absolute atomic E-state index is 0.0191. The van der Waals surface area contributed by atoms with Crippen molar-refractivity contribution in [3.63, 3.8) is 0 Å². The van der Waals surface area contributed by atoms with Gasteiger partial charge in [-0.05, 0) is 30.5 Å². The van der Waals surface area contributed by atoms with E-state index < -0.39 is 11.4 Å². The standard InChI is InChI=1S/C19H22ClFN2O4/c20-14-1-2-16(21)15(8-14)18(25)23-11-19(12-23)9-13(10-27-19)7-17(24)22-3-5-26-6-4-22/h1-2,8,13H,3-7,9-12H2. The second-order valence-corrected chi connectivity index (χ2v) is 7.98. The summed E-state index contributed by atoms with van der Waals surface area (Å²) in [6.45, 7) is 3.82. The Hall–Kier alpha value is -1.70. The topological polar surface area (TPSA) is 59.1 Å². The van der Waals surface area contributed by atoms with Gasteiger partial charge in [-0.2, -0.15) is 0 Å². The molecular formula is C19H22ClFN2O4. The van der Waals surface area contributed by atoms with Crippen LogP contribution in [0.3, 0.4) is 0 Å². The van der Waals surface area contributed by atoms with E-state index in [0.29, 0.717) is 57.4 Å². The average Bonchev–Trinajstić information content (AvgIpc) is 3.07. The van der Waals surface area contributed by atoms with Crippen molar-refractivity contribution in [2.75, 3.05) is 46.0 Å². The molecule has 3 heterocycles. The number of amides is 2. The van der Waals surface area contributed by atoms with Crippen LogP contribution in [-0.4, -0.2) is 73.2 Å². The summed E-state index contributed by atoms with van der Waals surface area (Å²) in [5.74, 6) is -0.665. The fraction of sp³-hybridized carbons (Fsp3) is 0.579. The number of carbonyl (C=O) groups is 2. The molecule has 6 nitrogen and oxygen atoms in total. The molecule has 1 spiro atoms. The smallest absolute Gasteiger partial charge is 0.257 e. The van der Waals surface area contributed by atoms with Gasteiger partial charge >= 0.3 is 0 Å². The Kier molecular flexibility index (Phi) is 5.09. The zero-order chi connectivity index (χ0) is 19.0. The van der Waals surface area contributed by atoms with Crippen LogP contribution in [0.2, 0.25) is 5.02 Å². The zero-order valence-corrected chi connectivity index (χ0v) is 15.7. The van der Waals surface area contributed by atoms with Gasteiger partial charge in [0.05, 0.1) is 38.5 Å². The maximum Gasteiger partial charge on any atom is 0.257 e. The molecule has 0 aliphatic carbocycles. The van der Waals surface area contributed by atoms with E-state index in [1.807, 2.05) is 4.90 Å². The van der Waals surface area contributed by atoms with Gasteiger partial charge in [0.25, 0.3) is 5.91 Å². The normalized spacial score (nSPS) is 24.1. The molecule has 8 heteroatoms. The van der Waals surface area contributed by atoms with Gasteiger partial charge in [-0.3, -0.25) is 9.59 Å². The Morgan fingerprint density at radius 2 is 1.96 bits per heavy atom. The first-order valence-electron chi connectivity index (χ1n) is 9.20. The van der Waals surface area contributed by atoms with Crippen LogP contribution in [0.5, 0.6) is 0 Å². The number of nitrogens with zero attached hydrogens (tertiary/aromatic N) is 2. The molecule has 0 bridgehead atoms. The number of hydrogen-bond donors (Lipinski definition) is 0. The summed E-state index contributed by atoms with van der Waals surface area (Å²) < 4.78 is 25.1. The number of likely N-dealkylation sites (tertiary alicyclic amines) is 1. The van der Waals surface area contributed by atoms with Crippen molar-refractivity contribution in [1.82, 2.24) is 9.80 Å². The molecule has 3 aliphatic rings. The van der Waals surface area contributed by atoms with Crippen LogP contribution in [0.15, 0.2) is 18.2 Å². The second kappa shape index (κ2) is 7.37. The van der Waals surface area contributed by atoms with E-state index in [-0.39, 0.29) is 23.3 Å². The SMILES string of the molecule is O=C(CC1COC2(C1)CN(C(=O)c1cc(Cl)ccc1F)C2)N1CCOCC1. The van der Waals surface area contributed by atoms with Gasteiger partial charge < -0.3 is 19.3 Å². The molecule has 3 fully saturated rings. The van der Waals surface area contributed by atoms with Crippen LogP contribution in [-0.2, 0) is 14.3 Å². The third-order valence-electron chi connectivity index (χ3n) is 5.52. The lowest BCUT2D eigenvalue weighted by atomic mass is 9.85. The maximum absolute atomic E-state index is 13.9. The molecule has 1 unspecified atom stereocenters. The number of morpholine rings is 1. The van der Waals surface area contributed by atoms with E-state index in [4.69, 9.17) is 21.1 Å². The average molecular weight is 397 g/mol. The Morgan fingerprint density at radius 1 is 1.22 bits per heavy atom. The summed E-state index contributed by atoms with van der Waals surface area (Å²) in [6.07, 6.45) is 1.20. The summed E-state index contributed by atoms with van der Waals surface area (Å²) in [5.41, 5.74) is -0.421. The lowest BCUT2D eigenvalue weighted by molar-refractivity contribution is -0.136. The minimum Gasteiger partial charge on any atom is -0.378 e. The number of carbonyl (C=O) groups excluding carboxylic acids is 2. The highest BCUT2D eigenvalue weighted by molar-refractivity contribution is 6.31. The molecule has 1 atom stereocenters. The fourth-order valence-corrected chi connectivity index (χ4v) is 4.28. The highest BCUT2D eigenvalue weighted by Gasteiger charge is 2.51. The number of rotatable bonds is 3. The number of ether oxygens (including phenoxy) is 2. The Morgan fingerprint density at radius 3 is 2.70 bits per heavy atom. The van der Waals surface area contributed by atoms with E-state index in [0.717, 1.165) is 6.42 Å². The monoisotopic (exact) mass is 396 g/mol. The van der Waals surface area contributed by atoms with Gasteiger partial charge in [0.2, 0.25) is 5.91 Å². The number of hydrogen-bond acceptors (Lipinski definition) is 4. The number of benzene rings is 1. The quantitative estimate of drug-likeness (QED) is 0.783. The van der Waals surface area contributed by atoms with Crippen molar-refractivity contribution >= 4 is 23.4 Å². The summed E-state index contributed by atoms with van der Waals surface area (Å²) in [5, 5.41) is 0.328. The molecule has 0 radical (unpaired) electrons. The van der Waals surface area contributed by atoms with E-state index in [1.54, 1.807) is 4.90 Å². The Labute approximate surface area is 162 Å². The van der Waals surface area contributed by atoms with Crippen LogP contribution < -0.4 is 0 Å². The molecule has 0 N–H and O–H groups in total. The first-order valence-corrected chi connectivity index (χ1v) is 9.57. The van der Waals surface area contributed by atoms with E-state index in [2.05, 4.69) is 0 Å². The van der Waals surface area contributed by atoms with E-state index >= 15 is 0 Å². The molecule has 4 rings (SSSR count). The summed E-state index contributed by atoms with van der Waals surface area (Å²) in [7, 11) is 0. The molecule has 2 amide bonds. The zero-order valence-electron chi connectivity index (χ0n) is 15.0. The van der Waals surface area contributed by atoms with Crippen molar-refractivity contribution < 1.29 is 23.5 Å². The van der Waals surface area contributed by atoms with Crippen LogP contribution in [0.25, 0.3) is 0 Å². The van der Waals surface area contributed by atoms with Gasteiger partial charge in [0.1, 0.15) is 11.4 Å². The Balaban J connectivity index is 1.30. The van der Waals surface area contributed by atoms with Crippen molar-refractivity contribution in [3.05, 3.63) is 34.6 Å². The van der Waals surface area contributed by atoms with E-state index in [1.165, 1.54) is 18.2 Å². The Bertz CT molecular complexity index is 747. The van der Waals surface area contributed by atoms with Crippen LogP contribution in [0.4, 0.5) is 4.39 Å². The van der Waals surface area contributed by atoms with Gasteiger partial charge in [-0.15, -0.1) is 0 Å². The molecule has 1 aromatic rings. The molecule has 3 saturated heterocycles.